The fourth-order valence-corrected chi connectivity index (χ4v) is 6.33. The first-order valence-electron chi connectivity index (χ1n) is 14.1. The minimum absolute atomic E-state index is 0.103. The average Bonchev–Trinajstić information content (AvgIpc) is 3.52. The highest BCUT2D eigenvalue weighted by Gasteiger charge is 2.55. The van der Waals surface area contributed by atoms with Gasteiger partial charge in [0, 0.05) is 0 Å². The van der Waals surface area contributed by atoms with Crippen molar-refractivity contribution >= 4 is 36.4 Å². The van der Waals surface area contributed by atoms with E-state index in [-0.39, 0.29) is 30.2 Å². The zero-order valence-corrected chi connectivity index (χ0v) is 25.7. The Balaban J connectivity index is 1.83. The summed E-state index contributed by atoms with van der Waals surface area (Å²) in [5.74, 6) is -3.29. The lowest BCUT2D eigenvalue weighted by molar-refractivity contribution is -0.226. The summed E-state index contributed by atoms with van der Waals surface area (Å²) in [7, 11) is -4.00. The van der Waals surface area contributed by atoms with Crippen molar-refractivity contribution < 1.29 is 43.3 Å². The summed E-state index contributed by atoms with van der Waals surface area (Å²) in [6, 6.07) is -2.14. The Morgan fingerprint density at radius 2 is 1.72 bits per heavy atom. The van der Waals surface area contributed by atoms with E-state index in [0.717, 1.165) is 18.9 Å². The highest BCUT2D eigenvalue weighted by molar-refractivity contribution is 7.59. The number of carbonyl (C=O) groups excluding carboxylic acids is 2. The third kappa shape index (κ3) is 8.15. The number of aromatic nitrogens is 4. The van der Waals surface area contributed by atoms with Gasteiger partial charge in [0.2, 0.25) is 13.2 Å². The van der Waals surface area contributed by atoms with Crippen molar-refractivity contribution in [1.29, 1.82) is 0 Å². The molecule has 43 heavy (non-hydrogen) atoms. The van der Waals surface area contributed by atoms with Gasteiger partial charge in [0.25, 0.3) is 0 Å². The number of rotatable bonds is 17. The number of nitrogens with zero attached hydrogens (tertiary/aromatic N) is 4. The topological polar surface area (TPSA) is 222 Å². The van der Waals surface area contributed by atoms with E-state index in [2.05, 4.69) is 31.7 Å². The van der Waals surface area contributed by atoms with Crippen molar-refractivity contribution in [3.63, 3.8) is 0 Å². The van der Waals surface area contributed by atoms with E-state index in [1.54, 1.807) is 0 Å². The van der Waals surface area contributed by atoms with Crippen LogP contribution in [-0.2, 0) is 33.1 Å². The van der Waals surface area contributed by atoms with Crippen LogP contribution >= 0.6 is 7.44 Å². The molecule has 240 valence electrons. The third-order valence-corrected chi connectivity index (χ3v) is 8.85. The van der Waals surface area contributed by atoms with E-state index >= 15 is 0 Å². The first-order chi connectivity index (χ1) is 20.4. The number of hydrogen-bond donors (Lipinski definition) is 5. The average molecular weight is 628 g/mol. The number of unbranched alkanes of at least 4 members (excludes halogenated alkanes) is 2. The lowest BCUT2D eigenvalue weighted by atomic mass is 10.1. The maximum atomic E-state index is 14.2. The highest BCUT2D eigenvalue weighted by atomic mass is 31.2. The Morgan fingerprint density at radius 1 is 1.14 bits per heavy atom. The first-order valence-corrected chi connectivity index (χ1v) is 16.0. The van der Waals surface area contributed by atoms with E-state index in [1.165, 1.54) is 31.1 Å². The maximum absolute atomic E-state index is 14.2. The van der Waals surface area contributed by atoms with Crippen LogP contribution in [0.1, 0.15) is 59.6 Å². The third-order valence-electron chi connectivity index (χ3n) is 6.75. The molecule has 17 heteroatoms. The molecule has 0 unspecified atom stereocenters. The summed E-state index contributed by atoms with van der Waals surface area (Å²) < 4.78 is 37.8. The van der Waals surface area contributed by atoms with Crippen LogP contribution in [0.4, 0.5) is 5.82 Å². The summed E-state index contributed by atoms with van der Waals surface area (Å²) >= 11 is 0. The molecule has 2 aromatic rings. The fraction of sp³-hybridized carbons (Fsp3) is 0.654. The standard InChI is InChI=1S/C26H42N7O9P/c1-6-9-11-39-24(36)16(4)31-43(38,32-17(5)25(37)40-12-10-7-2)15-41-26(8-3)20(35)19(34)23(42-26)33-14-30-18-21(27)28-13-29-22(18)33/h8,13-14,16-17,19-20,23,34-35H,3,6-7,9-12,15H2,1-2,4-5H3,(H2,27,28,29)(H2,31,32,38)/t16-,17-,19+,20-,23+,26-/m0/s1. The molecular formula is C26H42N7O9P. The van der Waals surface area contributed by atoms with Crippen molar-refractivity contribution in [1.82, 2.24) is 29.7 Å². The molecule has 0 aromatic carbocycles. The molecule has 0 saturated carbocycles. The van der Waals surface area contributed by atoms with Crippen molar-refractivity contribution in [2.24, 2.45) is 0 Å². The van der Waals surface area contributed by atoms with Crippen LogP contribution < -0.4 is 15.9 Å². The largest absolute Gasteiger partial charge is 0.465 e. The van der Waals surface area contributed by atoms with Gasteiger partial charge in [-0.05, 0) is 32.8 Å². The smallest absolute Gasteiger partial charge is 0.323 e. The van der Waals surface area contributed by atoms with Crippen LogP contribution in [0.3, 0.4) is 0 Å². The zero-order valence-electron chi connectivity index (χ0n) is 24.8. The minimum Gasteiger partial charge on any atom is -0.465 e. The number of nitrogen functional groups attached to an aromatic ring is 1. The second kappa shape index (κ2) is 15.1. The van der Waals surface area contributed by atoms with Crippen molar-refractivity contribution in [2.45, 2.75) is 89.7 Å². The quantitative estimate of drug-likeness (QED) is 0.0723. The molecule has 0 spiro atoms. The number of aliphatic hydroxyl groups excluding tert-OH is 2. The molecule has 6 atom stereocenters. The van der Waals surface area contributed by atoms with Crippen LogP contribution in [-0.4, -0.2) is 91.3 Å². The Kier molecular flexibility index (Phi) is 12.2. The number of anilines is 1. The first kappa shape index (κ1) is 34.5. The lowest BCUT2D eigenvalue weighted by Gasteiger charge is -2.32. The predicted molar refractivity (Wildman–Crippen MR) is 155 cm³/mol. The molecule has 0 aliphatic carbocycles. The summed E-state index contributed by atoms with van der Waals surface area (Å²) in [5, 5.41) is 27.4. The normalized spacial score (nSPS) is 23.6. The van der Waals surface area contributed by atoms with Gasteiger partial charge in [-0.3, -0.25) is 18.7 Å². The van der Waals surface area contributed by atoms with Crippen LogP contribution in [0, 0.1) is 0 Å². The molecule has 1 fully saturated rings. The summed E-state index contributed by atoms with van der Waals surface area (Å²) in [6.07, 6.45) is 1.29. The van der Waals surface area contributed by atoms with Gasteiger partial charge in [0.15, 0.2) is 17.7 Å². The summed E-state index contributed by atoms with van der Waals surface area (Å²) in [6.45, 7) is 10.9. The predicted octanol–water partition coefficient (Wildman–Crippen LogP) is 1.35. The number of aliphatic hydroxyl groups is 2. The van der Waals surface area contributed by atoms with Gasteiger partial charge < -0.3 is 34.9 Å². The Bertz CT molecular complexity index is 1280. The fourth-order valence-electron chi connectivity index (χ4n) is 4.27. The van der Waals surface area contributed by atoms with Gasteiger partial charge in [-0.25, -0.2) is 25.1 Å². The van der Waals surface area contributed by atoms with Crippen LogP contribution in [0.5, 0.6) is 0 Å². The highest BCUT2D eigenvalue weighted by Crippen LogP contribution is 2.45. The van der Waals surface area contributed by atoms with E-state index < -0.39 is 62.0 Å². The van der Waals surface area contributed by atoms with Crippen LogP contribution in [0.2, 0.25) is 0 Å². The molecule has 16 nitrogen and oxygen atoms in total. The number of hydrogen-bond acceptors (Lipinski definition) is 13. The second-order valence-electron chi connectivity index (χ2n) is 10.2. The van der Waals surface area contributed by atoms with Gasteiger partial charge in [-0.15, -0.1) is 0 Å². The van der Waals surface area contributed by atoms with Crippen LogP contribution in [0.25, 0.3) is 11.2 Å². The van der Waals surface area contributed by atoms with Gasteiger partial charge in [-0.1, -0.05) is 33.3 Å². The van der Waals surface area contributed by atoms with Crippen molar-refractivity contribution in [3.05, 3.63) is 25.3 Å². The molecule has 0 bridgehead atoms. The van der Waals surface area contributed by atoms with Gasteiger partial charge in [0.1, 0.15) is 42.5 Å². The molecule has 1 aliphatic heterocycles. The molecule has 2 aromatic heterocycles. The molecule has 1 saturated heterocycles. The molecule has 6 N–H and O–H groups in total. The Morgan fingerprint density at radius 3 is 2.26 bits per heavy atom. The lowest BCUT2D eigenvalue weighted by Crippen LogP contribution is -2.47. The molecule has 0 amide bonds. The van der Waals surface area contributed by atoms with E-state index in [9.17, 15) is 24.4 Å². The molecule has 0 radical (unpaired) electrons. The van der Waals surface area contributed by atoms with Gasteiger partial charge >= 0.3 is 11.9 Å². The zero-order chi connectivity index (χ0) is 31.8. The number of ether oxygens (including phenoxy) is 4. The Hall–Kier alpha value is -2.98. The number of nitrogens with two attached hydrogens (primary N) is 1. The van der Waals surface area contributed by atoms with Crippen molar-refractivity contribution in [2.75, 3.05) is 25.3 Å². The van der Waals surface area contributed by atoms with Crippen LogP contribution in [0.15, 0.2) is 25.3 Å². The molecule has 3 rings (SSSR count). The maximum Gasteiger partial charge on any atom is 0.323 e. The van der Waals surface area contributed by atoms with E-state index in [0.29, 0.717) is 12.8 Å². The SMILES string of the molecule is C=C[C@]1(OCP(=O)(N[C@@H](C)C(=O)OCCCC)N[C@@H](C)C(=O)OCCCC)O[C@@H](n2cnc3c(N)ncnc32)[C@H](O)[C@@H]1O. The van der Waals surface area contributed by atoms with E-state index in [1.807, 2.05) is 13.8 Å². The summed E-state index contributed by atoms with van der Waals surface area (Å²) in [4.78, 5) is 37.3. The molecule has 3 heterocycles. The number of nitrogens with one attached hydrogen (secondary N) is 2. The molecule has 1 aliphatic rings. The Labute approximate surface area is 249 Å². The van der Waals surface area contributed by atoms with Gasteiger partial charge in [-0.2, -0.15) is 0 Å². The summed E-state index contributed by atoms with van der Waals surface area (Å²) in [5.41, 5.74) is 6.34. The number of esters is 2. The number of fused-ring (bicyclic) bond motifs is 1. The van der Waals surface area contributed by atoms with E-state index in [4.69, 9.17) is 24.7 Å². The minimum atomic E-state index is -4.00. The number of imidazole rings is 1. The second-order valence-corrected chi connectivity index (χ2v) is 12.5. The van der Waals surface area contributed by atoms with Gasteiger partial charge in [0.05, 0.1) is 19.5 Å². The molecular weight excluding hydrogens is 585 g/mol. The van der Waals surface area contributed by atoms with Crippen molar-refractivity contribution in [3.8, 4) is 0 Å². The monoisotopic (exact) mass is 627 g/mol. The number of carbonyl (C=O) groups is 2.